The quantitative estimate of drug-likeness (QED) is 0.827. The van der Waals surface area contributed by atoms with Crippen molar-refractivity contribution in [3.8, 4) is 0 Å². The number of methoxy groups -OCH3 is 1. The molecule has 6 heteroatoms. The van der Waals surface area contributed by atoms with Crippen LogP contribution in [0.15, 0.2) is 4.52 Å². The molecule has 0 spiro atoms. The zero-order valence-corrected chi connectivity index (χ0v) is 11.1. The van der Waals surface area contributed by atoms with E-state index in [2.05, 4.69) is 15.0 Å². The number of ether oxygens (including phenoxy) is 1. The van der Waals surface area contributed by atoms with Crippen molar-refractivity contribution in [2.75, 3.05) is 20.2 Å². The molecule has 1 fully saturated rings. The summed E-state index contributed by atoms with van der Waals surface area (Å²) in [5.41, 5.74) is 5.83. The van der Waals surface area contributed by atoms with Crippen molar-refractivity contribution < 1.29 is 9.26 Å². The zero-order valence-electron chi connectivity index (χ0n) is 11.1. The average Bonchev–Trinajstić information content (AvgIpc) is 2.87. The Labute approximate surface area is 107 Å². The predicted octanol–water partition coefficient (Wildman–Crippen LogP) is 0.570. The van der Waals surface area contributed by atoms with Gasteiger partial charge in [-0.15, -0.1) is 0 Å². The molecule has 1 aliphatic rings. The first-order chi connectivity index (χ1) is 8.76. The highest BCUT2D eigenvalue weighted by Gasteiger charge is 2.28. The van der Waals surface area contributed by atoms with Gasteiger partial charge in [0.25, 0.3) is 0 Å². The van der Waals surface area contributed by atoms with Crippen LogP contribution in [0.4, 0.5) is 0 Å². The maximum Gasteiger partial charge on any atom is 0.240 e. The number of likely N-dealkylation sites (tertiary alicyclic amines) is 1. The van der Waals surface area contributed by atoms with Crippen LogP contribution in [0, 0.1) is 0 Å². The van der Waals surface area contributed by atoms with Crippen molar-refractivity contribution >= 4 is 0 Å². The van der Waals surface area contributed by atoms with Crippen molar-refractivity contribution in [2.24, 2.45) is 5.73 Å². The Kier molecular flexibility index (Phi) is 4.68. The molecule has 2 rings (SSSR count). The third-order valence-electron chi connectivity index (χ3n) is 3.56. The molecule has 0 radical (unpaired) electrons. The number of rotatable bonds is 5. The van der Waals surface area contributed by atoms with Gasteiger partial charge in [-0.3, -0.25) is 4.90 Å². The number of hydrogen-bond donors (Lipinski definition) is 1. The second-order valence-corrected chi connectivity index (χ2v) is 4.70. The van der Waals surface area contributed by atoms with E-state index in [1.54, 1.807) is 7.11 Å². The molecule has 2 N–H and O–H groups in total. The van der Waals surface area contributed by atoms with Crippen LogP contribution in [0.1, 0.15) is 31.5 Å². The third kappa shape index (κ3) is 3.07. The molecule has 18 heavy (non-hydrogen) atoms. The van der Waals surface area contributed by atoms with E-state index in [0.29, 0.717) is 31.1 Å². The third-order valence-corrected chi connectivity index (χ3v) is 3.56. The Morgan fingerprint density at radius 3 is 3.00 bits per heavy atom. The van der Waals surface area contributed by atoms with Gasteiger partial charge in [0.1, 0.15) is 0 Å². The fourth-order valence-electron chi connectivity index (χ4n) is 2.40. The first-order valence-corrected chi connectivity index (χ1v) is 6.55. The Morgan fingerprint density at radius 2 is 2.39 bits per heavy atom. The van der Waals surface area contributed by atoms with Crippen LogP contribution in [0.2, 0.25) is 0 Å². The number of hydrogen-bond acceptors (Lipinski definition) is 6. The van der Waals surface area contributed by atoms with Gasteiger partial charge < -0.3 is 15.0 Å². The van der Waals surface area contributed by atoms with Gasteiger partial charge in [-0.25, -0.2) is 0 Å². The molecule has 1 aliphatic heterocycles. The fraction of sp³-hybridized carbons (Fsp3) is 0.833. The molecule has 2 atom stereocenters. The highest BCUT2D eigenvalue weighted by molar-refractivity contribution is 4.89. The molecule has 0 amide bonds. The van der Waals surface area contributed by atoms with Crippen LogP contribution >= 0.6 is 0 Å². The summed E-state index contributed by atoms with van der Waals surface area (Å²) in [6.07, 6.45) is 3.13. The van der Waals surface area contributed by atoms with Crippen LogP contribution in [0.25, 0.3) is 0 Å². The van der Waals surface area contributed by atoms with E-state index < -0.39 is 0 Å². The van der Waals surface area contributed by atoms with Gasteiger partial charge in [-0.1, -0.05) is 12.1 Å². The topological polar surface area (TPSA) is 77.4 Å². The predicted molar refractivity (Wildman–Crippen MR) is 67.0 cm³/mol. The van der Waals surface area contributed by atoms with E-state index in [4.69, 9.17) is 15.0 Å². The Balaban J connectivity index is 1.95. The smallest absolute Gasteiger partial charge is 0.240 e. The molecule has 0 bridgehead atoms. The van der Waals surface area contributed by atoms with E-state index in [1.807, 2.05) is 6.92 Å². The van der Waals surface area contributed by atoms with E-state index in [1.165, 1.54) is 0 Å². The molecule has 1 aromatic rings. The number of nitrogens with zero attached hydrogens (tertiary/aromatic N) is 3. The molecule has 1 aromatic heterocycles. The SMILES string of the molecule is CCc1noc(CN2CCC(OC)CC2CN)n1. The summed E-state index contributed by atoms with van der Waals surface area (Å²) in [4.78, 5) is 6.65. The summed E-state index contributed by atoms with van der Waals surface area (Å²) in [6.45, 7) is 4.30. The highest BCUT2D eigenvalue weighted by Crippen LogP contribution is 2.20. The normalized spacial score (nSPS) is 25.5. The minimum absolute atomic E-state index is 0.323. The molecule has 2 unspecified atom stereocenters. The maximum atomic E-state index is 5.83. The summed E-state index contributed by atoms with van der Waals surface area (Å²) < 4.78 is 10.6. The van der Waals surface area contributed by atoms with E-state index in [-0.39, 0.29) is 0 Å². The standard InChI is InChI=1S/C12H22N4O2/c1-3-11-14-12(18-15-11)8-16-5-4-10(17-2)6-9(16)7-13/h9-10H,3-8,13H2,1-2H3. The molecular formula is C12H22N4O2. The lowest BCUT2D eigenvalue weighted by Gasteiger charge is -2.37. The van der Waals surface area contributed by atoms with Gasteiger partial charge >= 0.3 is 0 Å². The van der Waals surface area contributed by atoms with Crippen molar-refractivity contribution in [1.29, 1.82) is 0 Å². The van der Waals surface area contributed by atoms with Crippen LogP contribution in [-0.4, -0.2) is 47.4 Å². The molecule has 0 aromatic carbocycles. The van der Waals surface area contributed by atoms with Crippen LogP contribution < -0.4 is 5.73 Å². The summed E-state index contributed by atoms with van der Waals surface area (Å²) >= 11 is 0. The Bertz CT molecular complexity index is 369. The molecule has 0 aliphatic carbocycles. The first-order valence-electron chi connectivity index (χ1n) is 6.55. The van der Waals surface area contributed by atoms with Gasteiger partial charge in [0.05, 0.1) is 12.6 Å². The fourth-order valence-corrected chi connectivity index (χ4v) is 2.40. The van der Waals surface area contributed by atoms with Gasteiger partial charge in [-0.05, 0) is 12.8 Å². The number of aromatic nitrogens is 2. The van der Waals surface area contributed by atoms with Crippen molar-refractivity contribution in [2.45, 2.75) is 44.9 Å². The summed E-state index contributed by atoms with van der Waals surface area (Å²) in [5, 5.41) is 3.91. The van der Waals surface area contributed by atoms with Crippen LogP contribution in [0.3, 0.4) is 0 Å². The molecule has 1 saturated heterocycles. The monoisotopic (exact) mass is 254 g/mol. The minimum Gasteiger partial charge on any atom is -0.381 e. The van der Waals surface area contributed by atoms with E-state index in [0.717, 1.165) is 31.6 Å². The second kappa shape index (κ2) is 6.26. The van der Waals surface area contributed by atoms with E-state index >= 15 is 0 Å². The maximum absolute atomic E-state index is 5.83. The highest BCUT2D eigenvalue weighted by atomic mass is 16.5. The van der Waals surface area contributed by atoms with Gasteiger partial charge in [0.2, 0.25) is 5.89 Å². The molecular weight excluding hydrogens is 232 g/mol. The van der Waals surface area contributed by atoms with Gasteiger partial charge in [0.15, 0.2) is 5.82 Å². The second-order valence-electron chi connectivity index (χ2n) is 4.70. The summed E-state index contributed by atoms with van der Waals surface area (Å²) in [7, 11) is 1.76. The molecule has 0 saturated carbocycles. The summed E-state index contributed by atoms with van der Waals surface area (Å²) in [5.74, 6) is 1.45. The lowest BCUT2D eigenvalue weighted by atomic mass is 9.99. The van der Waals surface area contributed by atoms with E-state index in [9.17, 15) is 0 Å². The van der Waals surface area contributed by atoms with Crippen molar-refractivity contribution in [3.63, 3.8) is 0 Å². The van der Waals surface area contributed by atoms with Crippen LogP contribution in [-0.2, 0) is 17.7 Å². The lowest BCUT2D eigenvalue weighted by molar-refractivity contribution is 0.00676. The van der Waals surface area contributed by atoms with Crippen molar-refractivity contribution in [3.05, 3.63) is 11.7 Å². The lowest BCUT2D eigenvalue weighted by Crippen LogP contribution is -2.48. The first kappa shape index (κ1) is 13.5. The Morgan fingerprint density at radius 1 is 1.56 bits per heavy atom. The average molecular weight is 254 g/mol. The van der Waals surface area contributed by atoms with Crippen molar-refractivity contribution in [1.82, 2.24) is 15.0 Å². The minimum atomic E-state index is 0.323. The Hall–Kier alpha value is -0.980. The zero-order chi connectivity index (χ0) is 13.0. The largest absolute Gasteiger partial charge is 0.381 e. The number of nitrogens with two attached hydrogens (primary N) is 1. The van der Waals surface area contributed by atoms with Crippen LogP contribution in [0.5, 0.6) is 0 Å². The molecule has 6 nitrogen and oxygen atoms in total. The summed E-state index contributed by atoms with van der Waals surface area (Å²) in [6, 6.07) is 0.334. The van der Waals surface area contributed by atoms with Gasteiger partial charge in [-0.2, -0.15) is 4.98 Å². The van der Waals surface area contributed by atoms with Gasteiger partial charge in [0, 0.05) is 32.7 Å². The number of aryl methyl sites for hydroxylation is 1. The number of piperidine rings is 1. The molecule has 2 heterocycles. The molecule has 102 valence electrons.